The fraction of sp³-hybridized carbons (Fsp3) is 0.684. The Labute approximate surface area is 125 Å². The maximum absolute atomic E-state index is 3.87. The minimum Gasteiger partial charge on any atom is -0.307 e. The number of benzene rings is 1. The van der Waals surface area contributed by atoms with E-state index in [4.69, 9.17) is 0 Å². The molecule has 1 aliphatic rings. The van der Waals surface area contributed by atoms with Crippen LogP contribution in [0.4, 0.5) is 0 Å². The summed E-state index contributed by atoms with van der Waals surface area (Å²) >= 11 is 0. The summed E-state index contributed by atoms with van der Waals surface area (Å²) in [4.78, 5) is 0. The van der Waals surface area contributed by atoms with Crippen LogP contribution in [0.3, 0.4) is 0 Å². The van der Waals surface area contributed by atoms with Gasteiger partial charge in [0, 0.05) is 12.1 Å². The maximum atomic E-state index is 3.87. The summed E-state index contributed by atoms with van der Waals surface area (Å²) in [6, 6.07) is 5.70. The van der Waals surface area contributed by atoms with E-state index in [0.29, 0.717) is 12.1 Å². The average molecular weight is 273 g/mol. The molecule has 2 atom stereocenters. The van der Waals surface area contributed by atoms with Crippen LogP contribution in [0.2, 0.25) is 0 Å². The summed E-state index contributed by atoms with van der Waals surface area (Å²) in [6.45, 7) is 11.4. The van der Waals surface area contributed by atoms with Gasteiger partial charge in [-0.1, -0.05) is 37.0 Å². The van der Waals surface area contributed by atoms with Gasteiger partial charge in [-0.3, -0.25) is 0 Å². The van der Waals surface area contributed by atoms with E-state index in [1.54, 1.807) is 0 Å². The van der Waals surface area contributed by atoms with Gasteiger partial charge in [-0.2, -0.15) is 0 Å². The molecule has 0 spiro atoms. The highest BCUT2D eigenvalue weighted by atomic mass is 14.9. The van der Waals surface area contributed by atoms with Crippen LogP contribution < -0.4 is 5.32 Å². The molecule has 0 aliphatic heterocycles. The van der Waals surface area contributed by atoms with Crippen LogP contribution in [0.1, 0.15) is 74.2 Å². The van der Waals surface area contributed by atoms with Crippen molar-refractivity contribution in [3.8, 4) is 0 Å². The highest BCUT2D eigenvalue weighted by molar-refractivity contribution is 5.39. The zero-order chi connectivity index (χ0) is 14.7. The average Bonchev–Trinajstić information content (AvgIpc) is 2.38. The first-order valence-corrected chi connectivity index (χ1v) is 8.33. The molecule has 1 aromatic carbocycles. The standard InChI is InChI=1S/C19H31N/c1-13-11-14(2)19(15(3)12-13)17(5)20-16(4)18-9-7-6-8-10-18/h11-12,16-18,20H,6-10H2,1-5H3/t16-,17?/m0/s1. The second kappa shape index (κ2) is 6.76. The molecule has 2 rings (SSSR count). The topological polar surface area (TPSA) is 12.0 Å². The molecule has 1 saturated carbocycles. The molecule has 0 aromatic heterocycles. The number of hydrogen-bond donors (Lipinski definition) is 1. The summed E-state index contributed by atoms with van der Waals surface area (Å²) in [5, 5.41) is 3.87. The van der Waals surface area contributed by atoms with Crippen molar-refractivity contribution in [2.75, 3.05) is 0 Å². The van der Waals surface area contributed by atoms with Crippen LogP contribution in [-0.2, 0) is 0 Å². The normalized spacial score (nSPS) is 19.9. The monoisotopic (exact) mass is 273 g/mol. The molecule has 0 radical (unpaired) electrons. The zero-order valence-electron chi connectivity index (χ0n) is 13.9. The van der Waals surface area contributed by atoms with Crippen molar-refractivity contribution >= 4 is 0 Å². The molecule has 0 amide bonds. The van der Waals surface area contributed by atoms with Gasteiger partial charge in [-0.25, -0.2) is 0 Å². The Balaban J connectivity index is 2.06. The molecule has 1 aliphatic carbocycles. The Hall–Kier alpha value is -0.820. The third-order valence-corrected chi connectivity index (χ3v) is 5.04. The van der Waals surface area contributed by atoms with E-state index < -0.39 is 0 Å². The van der Waals surface area contributed by atoms with Crippen molar-refractivity contribution in [2.45, 2.75) is 78.8 Å². The third kappa shape index (κ3) is 3.63. The molecular formula is C19H31N. The van der Waals surface area contributed by atoms with Crippen molar-refractivity contribution < 1.29 is 0 Å². The van der Waals surface area contributed by atoms with Crippen molar-refractivity contribution in [1.82, 2.24) is 5.32 Å². The van der Waals surface area contributed by atoms with Crippen molar-refractivity contribution in [1.29, 1.82) is 0 Å². The molecule has 1 heteroatoms. The van der Waals surface area contributed by atoms with Crippen LogP contribution in [0, 0.1) is 26.7 Å². The number of aryl methyl sites for hydroxylation is 3. The predicted octanol–water partition coefficient (Wildman–Crippen LogP) is 5.23. The molecule has 0 heterocycles. The Morgan fingerprint density at radius 1 is 0.950 bits per heavy atom. The van der Waals surface area contributed by atoms with Crippen LogP contribution >= 0.6 is 0 Å². The van der Waals surface area contributed by atoms with Gasteiger partial charge in [0.05, 0.1) is 0 Å². The Bertz CT molecular complexity index is 420. The Morgan fingerprint density at radius 2 is 1.50 bits per heavy atom. The summed E-state index contributed by atoms with van der Waals surface area (Å²) < 4.78 is 0. The lowest BCUT2D eigenvalue weighted by Gasteiger charge is -2.31. The molecule has 0 saturated heterocycles. The van der Waals surface area contributed by atoms with Gasteiger partial charge in [0.1, 0.15) is 0 Å². The lowest BCUT2D eigenvalue weighted by Crippen LogP contribution is -2.36. The van der Waals surface area contributed by atoms with Crippen LogP contribution in [0.5, 0.6) is 0 Å². The lowest BCUT2D eigenvalue weighted by molar-refractivity contribution is 0.268. The first kappa shape index (κ1) is 15.6. The minimum atomic E-state index is 0.451. The quantitative estimate of drug-likeness (QED) is 0.792. The molecular weight excluding hydrogens is 242 g/mol. The van der Waals surface area contributed by atoms with E-state index >= 15 is 0 Å². The molecule has 1 aromatic rings. The van der Waals surface area contributed by atoms with Crippen LogP contribution in [0.25, 0.3) is 0 Å². The summed E-state index contributed by atoms with van der Waals surface area (Å²) in [7, 11) is 0. The predicted molar refractivity (Wildman–Crippen MR) is 88.2 cm³/mol. The van der Waals surface area contributed by atoms with Gasteiger partial charge in [0.25, 0.3) is 0 Å². The highest BCUT2D eigenvalue weighted by Gasteiger charge is 2.22. The van der Waals surface area contributed by atoms with Gasteiger partial charge in [-0.05, 0) is 70.1 Å². The van der Waals surface area contributed by atoms with Crippen molar-refractivity contribution in [3.63, 3.8) is 0 Å². The van der Waals surface area contributed by atoms with Gasteiger partial charge in [-0.15, -0.1) is 0 Å². The van der Waals surface area contributed by atoms with Gasteiger partial charge in [0.15, 0.2) is 0 Å². The third-order valence-electron chi connectivity index (χ3n) is 5.04. The molecule has 20 heavy (non-hydrogen) atoms. The second-order valence-corrected chi connectivity index (χ2v) is 6.89. The fourth-order valence-electron chi connectivity index (χ4n) is 4.12. The first-order valence-electron chi connectivity index (χ1n) is 8.33. The molecule has 112 valence electrons. The number of nitrogens with one attached hydrogen (secondary N) is 1. The smallest absolute Gasteiger partial charge is 0.0299 e. The largest absolute Gasteiger partial charge is 0.307 e. The maximum Gasteiger partial charge on any atom is 0.0299 e. The molecule has 0 bridgehead atoms. The minimum absolute atomic E-state index is 0.451. The van der Waals surface area contributed by atoms with E-state index in [1.165, 1.54) is 54.4 Å². The Kier molecular flexibility index (Phi) is 5.26. The van der Waals surface area contributed by atoms with E-state index in [-0.39, 0.29) is 0 Å². The molecule has 1 N–H and O–H groups in total. The second-order valence-electron chi connectivity index (χ2n) is 6.89. The number of hydrogen-bond acceptors (Lipinski definition) is 1. The highest BCUT2D eigenvalue weighted by Crippen LogP contribution is 2.29. The van der Waals surface area contributed by atoms with E-state index in [9.17, 15) is 0 Å². The molecule has 1 unspecified atom stereocenters. The number of rotatable bonds is 4. The van der Waals surface area contributed by atoms with Gasteiger partial charge < -0.3 is 5.32 Å². The SMILES string of the molecule is Cc1cc(C)c(C(C)N[C@@H](C)C2CCCCC2)c(C)c1. The van der Waals surface area contributed by atoms with E-state index in [2.05, 4.69) is 52.1 Å². The molecule has 1 nitrogen and oxygen atoms in total. The summed E-state index contributed by atoms with van der Waals surface area (Å²) in [5.74, 6) is 0.872. The van der Waals surface area contributed by atoms with Crippen molar-refractivity contribution in [2.24, 2.45) is 5.92 Å². The summed E-state index contributed by atoms with van der Waals surface area (Å²) in [6.07, 6.45) is 7.11. The van der Waals surface area contributed by atoms with Gasteiger partial charge >= 0.3 is 0 Å². The zero-order valence-corrected chi connectivity index (χ0v) is 13.9. The Morgan fingerprint density at radius 3 is 2.05 bits per heavy atom. The van der Waals surface area contributed by atoms with Gasteiger partial charge in [0.2, 0.25) is 0 Å². The fourth-order valence-corrected chi connectivity index (χ4v) is 4.12. The van der Waals surface area contributed by atoms with E-state index in [1.807, 2.05) is 0 Å². The lowest BCUT2D eigenvalue weighted by atomic mass is 9.84. The van der Waals surface area contributed by atoms with Crippen molar-refractivity contribution in [3.05, 3.63) is 34.4 Å². The van der Waals surface area contributed by atoms with E-state index in [0.717, 1.165) is 5.92 Å². The first-order chi connectivity index (χ1) is 9.49. The molecule has 1 fully saturated rings. The van der Waals surface area contributed by atoms with Crippen LogP contribution in [0.15, 0.2) is 12.1 Å². The van der Waals surface area contributed by atoms with Crippen LogP contribution in [-0.4, -0.2) is 6.04 Å². The summed E-state index contributed by atoms with van der Waals surface area (Å²) in [5.41, 5.74) is 5.73.